The standard InChI is InChI=1S/C6H12N4O3/c1-3(5(8)12)10(6(9)13)2-4(7)11/h3H,2H2,1H3,(H2,7,11)(H2,8,12)(H2,9,13). The number of hydrogen-bond donors (Lipinski definition) is 3. The molecular weight excluding hydrogens is 176 g/mol. The van der Waals surface area contributed by atoms with Gasteiger partial charge in [0, 0.05) is 0 Å². The minimum Gasteiger partial charge on any atom is -0.368 e. The minimum atomic E-state index is -0.940. The lowest BCUT2D eigenvalue weighted by Gasteiger charge is -2.23. The summed E-state index contributed by atoms with van der Waals surface area (Å²) in [5.41, 5.74) is 14.6. The third-order valence-electron chi connectivity index (χ3n) is 1.49. The molecule has 1 unspecified atom stereocenters. The van der Waals surface area contributed by atoms with Gasteiger partial charge in [-0.15, -0.1) is 0 Å². The Bertz CT molecular complexity index is 240. The highest BCUT2D eigenvalue weighted by Gasteiger charge is 2.23. The van der Waals surface area contributed by atoms with Crippen LogP contribution in [0.4, 0.5) is 4.79 Å². The second-order valence-corrected chi connectivity index (χ2v) is 2.51. The number of primary amides is 3. The first-order chi connectivity index (χ1) is 5.86. The number of nitrogens with zero attached hydrogens (tertiary/aromatic N) is 1. The summed E-state index contributed by atoms with van der Waals surface area (Å²) >= 11 is 0. The van der Waals surface area contributed by atoms with Crippen molar-refractivity contribution in [2.45, 2.75) is 13.0 Å². The molecule has 0 bridgehead atoms. The normalized spacial score (nSPS) is 11.8. The first kappa shape index (κ1) is 11.2. The molecule has 0 aromatic carbocycles. The molecule has 0 spiro atoms. The number of carbonyl (C=O) groups excluding carboxylic acids is 3. The van der Waals surface area contributed by atoms with Crippen LogP contribution in [-0.2, 0) is 9.59 Å². The van der Waals surface area contributed by atoms with Gasteiger partial charge in [-0.2, -0.15) is 0 Å². The molecule has 0 rings (SSSR count). The Kier molecular flexibility index (Phi) is 3.70. The van der Waals surface area contributed by atoms with Gasteiger partial charge >= 0.3 is 6.03 Å². The zero-order valence-corrected chi connectivity index (χ0v) is 7.19. The lowest BCUT2D eigenvalue weighted by Crippen LogP contribution is -2.51. The Balaban J connectivity index is 4.51. The molecule has 74 valence electrons. The molecule has 7 heteroatoms. The molecule has 0 aliphatic carbocycles. The van der Waals surface area contributed by atoms with Crippen molar-refractivity contribution in [3.8, 4) is 0 Å². The van der Waals surface area contributed by atoms with E-state index in [1.54, 1.807) is 0 Å². The van der Waals surface area contributed by atoms with E-state index in [2.05, 4.69) is 0 Å². The van der Waals surface area contributed by atoms with Crippen LogP contribution in [0.1, 0.15) is 6.92 Å². The average molecular weight is 188 g/mol. The summed E-state index contributed by atoms with van der Waals surface area (Å²) in [4.78, 5) is 32.6. The van der Waals surface area contributed by atoms with Crippen molar-refractivity contribution in [3.63, 3.8) is 0 Å². The third-order valence-corrected chi connectivity index (χ3v) is 1.49. The Labute approximate surface area is 74.8 Å². The smallest absolute Gasteiger partial charge is 0.315 e. The van der Waals surface area contributed by atoms with Gasteiger partial charge in [-0.25, -0.2) is 4.79 Å². The highest BCUT2D eigenvalue weighted by molar-refractivity contribution is 5.88. The van der Waals surface area contributed by atoms with Gasteiger partial charge in [0.2, 0.25) is 11.8 Å². The zero-order valence-electron chi connectivity index (χ0n) is 7.19. The third kappa shape index (κ3) is 3.41. The fraction of sp³-hybridized carbons (Fsp3) is 0.500. The maximum absolute atomic E-state index is 10.7. The highest BCUT2D eigenvalue weighted by atomic mass is 16.2. The molecule has 0 aromatic rings. The summed E-state index contributed by atoms with van der Waals surface area (Å²) in [5, 5.41) is 0. The van der Waals surface area contributed by atoms with E-state index in [1.165, 1.54) is 6.92 Å². The Morgan fingerprint density at radius 3 is 1.92 bits per heavy atom. The van der Waals surface area contributed by atoms with Crippen LogP contribution >= 0.6 is 0 Å². The van der Waals surface area contributed by atoms with E-state index < -0.39 is 30.4 Å². The van der Waals surface area contributed by atoms with Gasteiger partial charge in [-0.1, -0.05) is 0 Å². The summed E-state index contributed by atoms with van der Waals surface area (Å²) < 4.78 is 0. The van der Waals surface area contributed by atoms with Crippen molar-refractivity contribution in [2.75, 3.05) is 6.54 Å². The second-order valence-electron chi connectivity index (χ2n) is 2.51. The van der Waals surface area contributed by atoms with E-state index in [-0.39, 0.29) is 0 Å². The molecule has 0 saturated heterocycles. The van der Waals surface area contributed by atoms with Crippen LogP contribution in [0.5, 0.6) is 0 Å². The van der Waals surface area contributed by atoms with Gasteiger partial charge in [0.05, 0.1) is 0 Å². The fourth-order valence-corrected chi connectivity index (χ4v) is 0.727. The summed E-state index contributed by atoms with van der Waals surface area (Å²) in [7, 11) is 0. The van der Waals surface area contributed by atoms with Crippen molar-refractivity contribution in [2.24, 2.45) is 17.2 Å². The molecular formula is C6H12N4O3. The monoisotopic (exact) mass is 188 g/mol. The highest BCUT2D eigenvalue weighted by Crippen LogP contribution is 1.96. The van der Waals surface area contributed by atoms with Crippen molar-refractivity contribution < 1.29 is 14.4 Å². The van der Waals surface area contributed by atoms with Gasteiger partial charge in [0.15, 0.2) is 0 Å². The molecule has 0 aliphatic rings. The SMILES string of the molecule is CC(C(N)=O)N(CC(N)=O)C(N)=O. The second kappa shape index (κ2) is 4.29. The van der Waals surface area contributed by atoms with Crippen LogP contribution in [0.2, 0.25) is 0 Å². The molecule has 0 heterocycles. The van der Waals surface area contributed by atoms with Crippen LogP contribution in [0.15, 0.2) is 0 Å². The molecule has 4 amide bonds. The van der Waals surface area contributed by atoms with E-state index in [0.29, 0.717) is 0 Å². The summed E-state index contributed by atoms with van der Waals surface area (Å²) in [6.07, 6.45) is 0. The Morgan fingerprint density at radius 1 is 1.23 bits per heavy atom. The maximum atomic E-state index is 10.7. The van der Waals surface area contributed by atoms with Crippen molar-refractivity contribution in [1.29, 1.82) is 0 Å². The van der Waals surface area contributed by atoms with Crippen molar-refractivity contribution >= 4 is 17.8 Å². The quantitative estimate of drug-likeness (QED) is 0.459. The number of amides is 4. The Hall–Kier alpha value is -1.79. The maximum Gasteiger partial charge on any atom is 0.315 e. The van der Waals surface area contributed by atoms with E-state index in [9.17, 15) is 14.4 Å². The van der Waals surface area contributed by atoms with E-state index in [4.69, 9.17) is 17.2 Å². The first-order valence-electron chi connectivity index (χ1n) is 3.50. The van der Waals surface area contributed by atoms with Crippen LogP contribution < -0.4 is 17.2 Å². The number of hydrogen-bond acceptors (Lipinski definition) is 3. The number of nitrogens with two attached hydrogens (primary N) is 3. The predicted molar refractivity (Wildman–Crippen MR) is 44.1 cm³/mol. The molecule has 1 atom stereocenters. The van der Waals surface area contributed by atoms with Gasteiger partial charge in [0.1, 0.15) is 12.6 Å². The van der Waals surface area contributed by atoms with E-state index in [1.807, 2.05) is 0 Å². The number of urea groups is 1. The first-order valence-corrected chi connectivity index (χ1v) is 3.50. The summed E-state index contributed by atoms with van der Waals surface area (Å²) in [6, 6.07) is -1.85. The van der Waals surface area contributed by atoms with Crippen LogP contribution in [0.3, 0.4) is 0 Å². The van der Waals surface area contributed by atoms with Gasteiger partial charge in [-0.3, -0.25) is 9.59 Å². The lowest BCUT2D eigenvalue weighted by atomic mass is 10.3. The molecule has 0 saturated carbocycles. The topological polar surface area (TPSA) is 133 Å². The largest absolute Gasteiger partial charge is 0.368 e. The zero-order chi connectivity index (χ0) is 10.6. The van der Waals surface area contributed by atoms with Crippen LogP contribution in [0, 0.1) is 0 Å². The Morgan fingerprint density at radius 2 is 1.69 bits per heavy atom. The summed E-state index contributed by atoms with van der Waals surface area (Å²) in [6.45, 7) is 0.940. The fourth-order valence-electron chi connectivity index (χ4n) is 0.727. The average Bonchev–Trinajstić information content (AvgIpc) is 1.97. The molecule has 0 aromatic heterocycles. The van der Waals surface area contributed by atoms with Gasteiger partial charge < -0.3 is 22.1 Å². The van der Waals surface area contributed by atoms with Crippen LogP contribution in [0.25, 0.3) is 0 Å². The lowest BCUT2D eigenvalue weighted by molar-refractivity contribution is -0.123. The van der Waals surface area contributed by atoms with Crippen LogP contribution in [-0.4, -0.2) is 35.3 Å². The molecule has 0 radical (unpaired) electrons. The molecule has 0 fully saturated rings. The molecule has 7 nitrogen and oxygen atoms in total. The number of rotatable bonds is 4. The van der Waals surface area contributed by atoms with E-state index in [0.717, 1.165) is 4.90 Å². The molecule has 13 heavy (non-hydrogen) atoms. The van der Waals surface area contributed by atoms with Crippen molar-refractivity contribution in [1.82, 2.24) is 4.90 Å². The molecule has 6 N–H and O–H groups in total. The van der Waals surface area contributed by atoms with E-state index >= 15 is 0 Å². The van der Waals surface area contributed by atoms with Gasteiger partial charge in [-0.05, 0) is 6.92 Å². The predicted octanol–water partition coefficient (Wildman–Crippen LogP) is -2.27. The molecule has 0 aliphatic heterocycles. The van der Waals surface area contributed by atoms with Crippen molar-refractivity contribution in [3.05, 3.63) is 0 Å². The minimum absolute atomic E-state index is 0.417. The number of carbonyl (C=O) groups is 3. The summed E-state index contributed by atoms with van der Waals surface area (Å²) in [5.74, 6) is -1.51. The van der Waals surface area contributed by atoms with Gasteiger partial charge in [0.25, 0.3) is 0 Å².